The van der Waals surface area contributed by atoms with E-state index in [1.807, 2.05) is 0 Å². The molecule has 24 heavy (non-hydrogen) atoms. The Hall–Kier alpha value is -0.240. The summed E-state index contributed by atoms with van der Waals surface area (Å²) < 4.78 is 19.8. The van der Waals surface area contributed by atoms with Crippen LogP contribution in [0.5, 0.6) is 0 Å². The van der Waals surface area contributed by atoms with Gasteiger partial charge in [0.2, 0.25) is 0 Å². The molecule has 2 atom stereocenters. The molecule has 5 nitrogen and oxygen atoms in total. The van der Waals surface area contributed by atoms with Crippen LogP contribution in [0.2, 0.25) is 0 Å². The molecule has 0 unspecified atom stereocenters. The first kappa shape index (κ1) is 23.8. The van der Waals surface area contributed by atoms with Crippen LogP contribution >= 0.6 is 8.53 Å². The minimum atomic E-state index is -1.17. The van der Waals surface area contributed by atoms with Crippen molar-refractivity contribution in [2.45, 2.75) is 73.4 Å². The molecule has 0 bridgehead atoms. The third-order valence-electron chi connectivity index (χ3n) is 3.39. The van der Waals surface area contributed by atoms with Crippen LogP contribution in [0.25, 0.3) is 0 Å². The number of rotatable bonds is 12. The quantitative estimate of drug-likeness (QED) is 0.363. The van der Waals surface area contributed by atoms with E-state index >= 15 is 0 Å². The van der Waals surface area contributed by atoms with Crippen molar-refractivity contribution >= 4 is 8.53 Å². The molecule has 0 amide bonds. The van der Waals surface area contributed by atoms with Crippen molar-refractivity contribution in [3.8, 4) is 6.07 Å². The van der Waals surface area contributed by atoms with Gasteiger partial charge in [0.1, 0.15) is 0 Å². The SMILES string of the molecule is COC[C@@H](CO[P@@](OCCC#N)N(C(C)C)C(C)C)CC(C)(C)C. The molecule has 0 aliphatic rings. The van der Waals surface area contributed by atoms with Crippen LogP contribution in [0.15, 0.2) is 0 Å². The maximum absolute atomic E-state index is 8.76. The summed E-state index contributed by atoms with van der Waals surface area (Å²) in [5.41, 5.74) is 0.229. The van der Waals surface area contributed by atoms with Gasteiger partial charge in [-0.3, -0.25) is 0 Å². The van der Waals surface area contributed by atoms with E-state index in [-0.39, 0.29) is 5.41 Å². The second-order valence-corrected chi connectivity index (χ2v) is 9.38. The van der Waals surface area contributed by atoms with E-state index in [1.165, 1.54) is 0 Å². The zero-order valence-corrected chi connectivity index (χ0v) is 17.7. The smallest absolute Gasteiger partial charge is 0.259 e. The van der Waals surface area contributed by atoms with Crippen molar-refractivity contribution in [1.29, 1.82) is 5.26 Å². The lowest BCUT2D eigenvalue weighted by molar-refractivity contribution is 0.0811. The van der Waals surface area contributed by atoms with Gasteiger partial charge in [-0.25, -0.2) is 4.67 Å². The lowest BCUT2D eigenvalue weighted by Gasteiger charge is -2.36. The minimum absolute atomic E-state index is 0.229. The number of hydrogen-bond acceptors (Lipinski definition) is 5. The summed E-state index contributed by atoms with van der Waals surface area (Å²) in [5, 5.41) is 8.76. The van der Waals surface area contributed by atoms with Gasteiger partial charge >= 0.3 is 0 Å². The molecule has 0 saturated heterocycles. The summed E-state index contributed by atoms with van der Waals surface area (Å²) in [4.78, 5) is 0. The first-order chi connectivity index (χ1) is 11.1. The van der Waals surface area contributed by atoms with E-state index in [1.54, 1.807) is 7.11 Å². The summed E-state index contributed by atoms with van der Waals surface area (Å²) >= 11 is 0. The van der Waals surface area contributed by atoms with Crippen LogP contribution < -0.4 is 0 Å². The Morgan fingerprint density at radius 3 is 2.04 bits per heavy atom. The van der Waals surface area contributed by atoms with Crippen LogP contribution in [0.3, 0.4) is 0 Å². The second kappa shape index (κ2) is 12.2. The first-order valence-corrected chi connectivity index (χ1v) is 9.95. The Morgan fingerprint density at radius 1 is 1.04 bits per heavy atom. The molecule has 0 aromatic carbocycles. The highest BCUT2D eigenvalue weighted by Crippen LogP contribution is 2.46. The summed E-state index contributed by atoms with van der Waals surface area (Å²) in [6.07, 6.45) is 1.42. The Morgan fingerprint density at radius 2 is 1.62 bits per heavy atom. The molecule has 0 fully saturated rings. The maximum Gasteiger partial charge on any atom is 0.259 e. The van der Waals surface area contributed by atoms with Crippen molar-refractivity contribution in [3.05, 3.63) is 0 Å². The van der Waals surface area contributed by atoms with E-state index in [2.05, 4.69) is 59.2 Å². The van der Waals surface area contributed by atoms with Gasteiger partial charge in [-0.1, -0.05) is 20.8 Å². The van der Waals surface area contributed by atoms with Gasteiger partial charge < -0.3 is 13.8 Å². The van der Waals surface area contributed by atoms with Crippen LogP contribution in [-0.2, 0) is 13.8 Å². The molecule has 0 aromatic heterocycles. The van der Waals surface area contributed by atoms with Crippen molar-refractivity contribution in [3.63, 3.8) is 0 Å². The highest BCUT2D eigenvalue weighted by molar-refractivity contribution is 7.44. The molecule has 0 heterocycles. The molecule has 142 valence electrons. The Labute approximate surface area is 150 Å². The first-order valence-electron chi connectivity index (χ1n) is 8.82. The third-order valence-corrected chi connectivity index (χ3v) is 5.46. The highest BCUT2D eigenvalue weighted by atomic mass is 31.2. The average Bonchev–Trinajstić information content (AvgIpc) is 2.42. The maximum atomic E-state index is 8.76. The van der Waals surface area contributed by atoms with Crippen molar-refractivity contribution in [2.75, 3.05) is 26.9 Å². The number of methoxy groups -OCH3 is 1. The van der Waals surface area contributed by atoms with Gasteiger partial charge in [-0.2, -0.15) is 5.26 Å². The molecule has 0 N–H and O–H groups in total. The fraction of sp³-hybridized carbons (Fsp3) is 0.944. The third kappa shape index (κ3) is 10.6. The molecule has 0 aromatic rings. The topological polar surface area (TPSA) is 54.7 Å². The van der Waals surface area contributed by atoms with E-state index in [0.29, 0.717) is 44.2 Å². The molecular formula is C18H37N2O3P. The molecule has 0 rings (SSSR count). The predicted molar refractivity (Wildman–Crippen MR) is 101 cm³/mol. The largest absolute Gasteiger partial charge is 0.384 e. The lowest BCUT2D eigenvalue weighted by Crippen LogP contribution is -2.34. The fourth-order valence-electron chi connectivity index (χ4n) is 2.75. The van der Waals surface area contributed by atoms with Crippen LogP contribution in [0.1, 0.15) is 61.3 Å². The van der Waals surface area contributed by atoms with Gasteiger partial charge in [0.05, 0.1) is 32.3 Å². The Bertz CT molecular complexity index is 356. The molecule has 0 aliphatic carbocycles. The van der Waals surface area contributed by atoms with Crippen LogP contribution in [-0.4, -0.2) is 43.7 Å². The van der Waals surface area contributed by atoms with E-state index in [0.717, 1.165) is 6.42 Å². The highest BCUT2D eigenvalue weighted by Gasteiger charge is 2.29. The van der Waals surface area contributed by atoms with Gasteiger partial charge in [-0.15, -0.1) is 0 Å². The molecule has 0 saturated carbocycles. The Balaban J connectivity index is 4.91. The minimum Gasteiger partial charge on any atom is -0.384 e. The molecule has 6 heteroatoms. The molecular weight excluding hydrogens is 323 g/mol. The zero-order chi connectivity index (χ0) is 18.8. The van der Waals surface area contributed by atoms with E-state index < -0.39 is 8.53 Å². The van der Waals surface area contributed by atoms with Gasteiger partial charge in [-0.05, 0) is 39.5 Å². The number of hydrogen-bond donors (Lipinski definition) is 0. The standard InChI is InChI=1S/C18H37N2O3P/c1-15(2)20(16(3)4)24(22-11-9-10-19)23-14-17(13-21-8)12-18(5,6)7/h15-17H,9,11-14H2,1-8H3/t17-,24+/m0/s1. The number of ether oxygens (including phenoxy) is 1. The van der Waals surface area contributed by atoms with Crippen molar-refractivity contribution in [1.82, 2.24) is 4.67 Å². The second-order valence-electron chi connectivity index (χ2n) is 7.93. The Kier molecular flexibility index (Phi) is 12.0. The summed E-state index contributed by atoms with van der Waals surface area (Å²) in [6, 6.07) is 2.77. The zero-order valence-electron chi connectivity index (χ0n) is 16.8. The average molecular weight is 360 g/mol. The van der Waals surface area contributed by atoms with Gasteiger partial charge in [0, 0.05) is 25.1 Å². The summed E-state index contributed by atoms with van der Waals surface area (Å²) in [5.74, 6) is 0.334. The predicted octanol–water partition coefficient (Wildman–Crippen LogP) is 4.98. The van der Waals surface area contributed by atoms with Gasteiger partial charge in [0.25, 0.3) is 8.53 Å². The van der Waals surface area contributed by atoms with Crippen LogP contribution in [0.4, 0.5) is 0 Å². The van der Waals surface area contributed by atoms with Crippen molar-refractivity contribution in [2.24, 2.45) is 11.3 Å². The lowest BCUT2D eigenvalue weighted by atomic mass is 9.85. The summed E-state index contributed by atoms with van der Waals surface area (Å²) in [7, 11) is 0.560. The normalized spacial score (nSPS) is 15.1. The molecule has 0 radical (unpaired) electrons. The van der Waals surface area contributed by atoms with Crippen LogP contribution in [0, 0.1) is 22.7 Å². The molecule has 0 aliphatic heterocycles. The number of nitriles is 1. The van der Waals surface area contributed by atoms with E-state index in [9.17, 15) is 0 Å². The monoisotopic (exact) mass is 360 g/mol. The fourth-order valence-corrected chi connectivity index (χ4v) is 4.43. The molecule has 0 spiro atoms. The number of nitrogens with zero attached hydrogens (tertiary/aromatic N) is 2. The summed E-state index contributed by atoms with van der Waals surface area (Å²) in [6.45, 7) is 17.0. The van der Waals surface area contributed by atoms with Crippen molar-refractivity contribution < 1.29 is 13.8 Å². The van der Waals surface area contributed by atoms with E-state index in [4.69, 9.17) is 19.0 Å². The van der Waals surface area contributed by atoms with Gasteiger partial charge in [0.15, 0.2) is 0 Å².